The molecule has 1 amide bonds. The van der Waals surface area contributed by atoms with Crippen molar-refractivity contribution < 1.29 is 4.79 Å². The Hall–Kier alpha value is -1.36. The van der Waals surface area contributed by atoms with Crippen LogP contribution in [-0.2, 0) is 17.8 Å². The monoisotopic (exact) mass is 302 g/mol. The van der Waals surface area contributed by atoms with Crippen LogP contribution in [-0.4, -0.2) is 39.4 Å². The fourth-order valence-electron chi connectivity index (χ4n) is 3.91. The van der Waals surface area contributed by atoms with Crippen LogP contribution in [0.15, 0.2) is 6.33 Å². The molecule has 0 spiro atoms. The molecule has 1 aromatic heterocycles. The SMILES string of the molecule is O=C(NC1CCCCC1)[C@@H]1Cc2nc[nH]c2CN1CC1CC1. The summed E-state index contributed by atoms with van der Waals surface area (Å²) in [5.74, 6) is 1.02. The van der Waals surface area contributed by atoms with Gasteiger partial charge in [0.2, 0.25) is 5.91 Å². The topological polar surface area (TPSA) is 61.0 Å². The molecule has 0 unspecified atom stereocenters. The van der Waals surface area contributed by atoms with Gasteiger partial charge >= 0.3 is 0 Å². The van der Waals surface area contributed by atoms with E-state index in [0.717, 1.165) is 44.0 Å². The lowest BCUT2D eigenvalue weighted by Crippen LogP contribution is -2.53. The summed E-state index contributed by atoms with van der Waals surface area (Å²) in [7, 11) is 0. The molecule has 2 N–H and O–H groups in total. The van der Waals surface area contributed by atoms with Crippen LogP contribution in [0, 0.1) is 5.92 Å². The number of imidazole rings is 1. The predicted octanol–water partition coefficient (Wildman–Crippen LogP) is 2.00. The molecule has 5 nitrogen and oxygen atoms in total. The molecule has 2 aliphatic carbocycles. The van der Waals surface area contributed by atoms with Crippen molar-refractivity contribution in [3.05, 3.63) is 17.7 Å². The van der Waals surface area contributed by atoms with Crippen LogP contribution in [0.3, 0.4) is 0 Å². The number of hydrogen-bond donors (Lipinski definition) is 2. The van der Waals surface area contributed by atoms with E-state index in [1.807, 2.05) is 0 Å². The zero-order valence-electron chi connectivity index (χ0n) is 13.2. The summed E-state index contributed by atoms with van der Waals surface area (Å²) in [6.07, 6.45) is 11.3. The van der Waals surface area contributed by atoms with Crippen molar-refractivity contribution in [3.63, 3.8) is 0 Å². The standard InChI is InChI=1S/C17H26N4O/c22-17(20-13-4-2-1-3-5-13)16-8-14-15(19-11-18-14)10-21(16)9-12-6-7-12/h11-13,16H,1-10H2,(H,18,19)(H,20,22)/t16-/m0/s1. The average molecular weight is 302 g/mol. The normalized spacial score (nSPS) is 26.6. The van der Waals surface area contributed by atoms with E-state index in [1.54, 1.807) is 6.33 Å². The summed E-state index contributed by atoms with van der Waals surface area (Å²) in [4.78, 5) is 22.8. The van der Waals surface area contributed by atoms with E-state index < -0.39 is 0 Å². The van der Waals surface area contributed by atoms with Gasteiger partial charge in [-0.1, -0.05) is 19.3 Å². The summed E-state index contributed by atoms with van der Waals surface area (Å²) < 4.78 is 0. The van der Waals surface area contributed by atoms with Gasteiger partial charge in [0.15, 0.2) is 0 Å². The van der Waals surface area contributed by atoms with E-state index in [9.17, 15) is 4.79 Å². The average Bonchev–Trinajstić information content (AvgIpc) is 3.22. The molecule has 2 fully saturated rings. The number of fused-ring (bicyclic) bond motifs is 1. The van der Waals surface area contributed by atoms with Gasteiger partial charge in [-0.15, -0.1) is 0 Å². The lowest BCUT2D eigenvalue weighted by atomic mass is 9.94. The van der Waals surface area contributed by atoms with Gasteiger partial charge in [0.25, 0.3) is 0 Å². The summed E-state index contributed by atoms with van der Waals surface area (Å²) in [5.41, 5.74) is 2.28. The third kappa shape index (κ3) is 3.05. The fraction of sp³-hybridized carbons (Fsp3) is 0.765. The number of hydrogen-bond acceptors (Lipinski definition) is 3. The van der Waals surface area contributed by atoms with Gasteiger partial charge < -0.3 is 10.3 Å². The van der Waals surface area contributed by atoms with E-state index in [2.05, 4.69) is 20.2 Å². The number of rotatable bonds is 4. The Kier molecular flexibility index (Phi) is 3.90. The molecule has 5 heteroatoms. The Bertz CT molecular complexity index is 531. The highest BCUT2D eigenvalue weighted by atomic mass is 16.2. The van der Waals surface area contributed by atoms with Gasteiger partial charge in [-0.05, 0) is 31.6 Å². The smallest absolute Gasteiger partial charge is 0.237 e. The van der Waals surface area contributed by atoms with Crippen LogP contribution in [0.5, 0.6) is 0 Å². The molecule has 0 aromatic carbocycles. The first-order chi connectivity index (χ1) is 10.8. The van der Waals surface area contributed by atoms with Crippen molar-refractivity contribution in [1.29, 1.82) is 0 Å². The lowest BCUT2D eigenvalue weighted by molar-refractivity contribution is -0.128. The molecule has 0 bridgehead atoms. The fourth-order valence-corrected chi connectivity index (χ4v) is 3.91. The molecule has 1 atom stereocenters. The van der Waals surface area contributed by atoms with Crippen molar-refractivity contribution >= 4 is 5.91 Å². The van der Waals surface area contributed by atoms with Crippen LogP contribution in [0.2, 0.25) is 0 Å². The Morgan fingerprint density at radius 2 is 2.09 bits per heavy atom. The summed E-state index contributed by atoms with van der Waals surface area (Å²) in [6, 6.07) is 0.364. The zero-order valence-corrected chi connectivity index (χ0v) is 13.2. The van der Waals surface area contributed by atoms with E-state index in [0.29, 0.717) is 6.04 Å². The maximum atomic E-state index is 12.8. The van der Waals surface area contributed by atoms with Crippen molar-refractivity contribution in [1.82, 2.24) is 20.2 Å². The molecular weight excluding hydrogens is 276 g/mol. The summed E-state index contributed by atoms with van der Waals surface area (Å²) in [5, 5.41) is 3.32. The van der Waals surface area contributed by atoms with Gasteiger partial charge in [0.1, 0.15) is 0 Å². The minimum absolute atomic E-state index is 0.0293. The maximum absolute atomic E-state index is 12.8. The molecular formula is C17H26N4O. The highest BCUT2D eigenvalue weighted by Crippen LogP contribution is 2.32. The van der Waals surface area contributed by atoms with Crippen LogP contribution < -0.4 is 5.32 Å². The second-order valence-corrected chi connectivity index (χ2v) is 7.26. The van der Waals surface area contributed by atoms with Gasteiger partial charge in [-0.3, -0.25) is 9.69 Å². The van der Waals surface area contributed by atoms with Gasteiger partial charge in [-0.2, -0.15) is 0 Å². The second kappa shape index (κ2) is 6.03. The highest BCUT2D eigenvalue weighted by molar-refractivity contribution is 5.82. The maximum Gasteiger partial charge on any atom is 0.237 e. The molecule has 1 aromatic rings. The Balaban J connectivity index is 1.45. The van der Waals surface area contributed by atoms with Crippen molar-refractivity contribution in [2.24, 2.45) is 5.92 Å². The molecule has 3 aliphatic rings. The van der Waals surface area contributed by atoms with Crippen molar-refractivity contribution in [3.8, 4) is 0 Å². The number of aromatic amines is 1. The second-order valence-electron chi connectivity index (χ2n) is 7.26. The van der Waals surface area contributed by atoms with Crippen LogP contribution in [0.1, 0.15) is 56.3 Å². The Labute approximate surface area is 131 Å². The number of nitrogens with zero attached hydrogens (tertiary/aromatic N) is 2. The number of aromatic nitrogens is 2. The molecule has 120 valence electrons. The molecule has 2 saturated carbocycles. The third-order valence-corrected chi connectivity index (χ3v) is 5.44. The highest BCUT2D eigenvalue weighted by Gasteiger charge is 2.36. The lowest BCUT2D eigenvalue weighted by Gasteiger charge is -2.35. The number of H-pyrrole nitrogens is 1. The number of nitrogens with one attached hydrogen (secondary N) is 2. The minimum atomic E-state index is -0.0293. The predicted molar refractivity (Wildman–Crippen MR) is 84.2 cm³/mol. The number of amides is 1. The van der Waals surface area contributed by atoms with E-state index >= 15 is 0 Å². The quantitative estimate of drug-likeness (QED) is 0.894. The van der Waals surface area contributed by atoms with Gasteiger partial charge in [-0.25, -0.2) is 4.98 Å². The minimum Gasteiger partial charge on any atom is -0.352 e. The first kappa shape index (κ1) is 14.2. The summed E-state index contributed by atoms with van der Waals surface area (Å²) in [6.45, 7) is 1.90. The van der Waals surface area contributed by atoms with Crippen LogP contribution >= 0.6 is 0 Å². The molecule has 0 saturated heterocycles. The third-order valence-electron chi connectivity index (χ3n) is 5.44. The van der Waals surface area contributed by atoms with E-state index in [4.69, 9.17) is 0 Å². The van der Waals surface area contributed by atoms with Crippen LogP contribution in [0.25, 0.3) is 0 Å². The molecule has 22 heavy (non-hydrogen) atoms. The zero-order chi connectivity index (χ0) is 14.9. The Morgan fingerprint density at radius 1 is 1.27 bits per heavy atom. The first-order valence-electron chi connectivity index (χ1n) is 8.85. The van der Waals surface area contributed by atoms with E-state index in [1.165, 1.54) is 37.8 Å². The molecule has 2 heterocycles. The number of carbonyl (C=O) groups excluding carboxylic acids is 1. The van der Waals surface area contributed by atoms with Crippen molar-refractivity contribution in [2.45, 2.75) is 70.0 Å². The number of carbonyl (C=O) groups is 1. The van der Waals surface area contributed by atoms with Crippen LogP contribution in [0.4, 0.5) is 0 Å². The first-order valence-corrected chi connectivity index (χ1v) is 8.85. The Morgan fingerprint density at radius 3 is 2.86 bits per heavy atom. The van der Waals surface area contributed by atoms with E-state index in [-0.39, 0.29) is 11.9 Å². The molecule has 0 radical (unpaired) electrons. The van der Waals surface area contributed by atoms with Crippen molar-refractivity contribution in [2.75, 3.05) is 6.54 Å². The molecule has 1 aliphatic heterocycles. The largest absolute Gasteiger partial charge is 0.352 e. The molecule has 4 rings (SSSR count). The summed E-state index contributed by atoms with van der Waals surface area (Å²) >= 11 is 0. The van der Waals surface area contributed by atoms with Gasteiger partial charge in [0, 0.05) is 25.6 Å². The van der Waals surface area contributed by atoms with Gasteiger partial charge in [0.05, 0.1) is 23.8 Å².